The molecule has 3 nitrogen and oxygen atoms in total. The molecule has 1 atom stereocenters. The summed E-state index contributed by atoms with van der Waals surface area (Å²) in [6, 6.07) is 7.14. The number of hydrogen-bond donors (Lipinski definition) is 1. The van der Waals surface area contributed by atoms with E-state index >= 15 is 0 Å². The molecule has 0 bridgehead atoms. The van der Waals surface area contributed by atoms with Crippen LogP contribution < -0.4 is 5.32 Å². The Bertz CT molecular complexity index is 577. The quantitative estimate of drug-likeness (QED) is 0.788. The molecule has 114 valence electrons. The van der Waals surface area contributed by atoms with Gasteiger partial charge in [0, 0.05) is 31.2 Å². The van der Waals surface area contributed by atoms with Crippen molar-refractivity contribution in [2.75, 3.05) is 12.3 Å². The number of nitrogens with zero attached hydrogens (tertiary/aromatic N) is 2. The van der Waals surface area contributed by atoms with Crippen LogP contribution in [0.2, 0.25) is 0 Å². The minimum absolute atomic E-state index is 0.367. The van der Waals surface area contributed by atoms with Gasteiger partial charge in [0.25, 0.3) is 0 Å². The van der Waals surface area contributed by atoms with Gasteiger partial charge in [0.2, 0.25) is 0 Å². The zero-order chi connectivity index (χ0) is 15.2. The van der Waals surface area contributed by atoms with Crippen molar-refractivity contribution < 1.29 is 0 Å². The molecule has 0 aliphatic carbocycles. The molecular weight excluding hydrogens is 278 g/mol. The van der Waals surface area contributed by atoms with Crippen LogP contribution in [-0.2, 0) is 7.05 Å². The molecule has 4 heteroatoms. The van der Waals surface area contributed by atoms with Crippen LogP contribution in [0.25, 0.3) is 0 Å². The molecule has 0 radical (unpaired) electrons. The van der Waals surface area contributed by atoms with E-state index in [0.29, 0.717) is 6.04 Å². The van der Waals surface area contributed by atoms with Crippen LogP contribution in [0, 0.1) is 13.8 Å². The van der Waals surface area contributed by atoms with E-state index in [0.717, 1.165) is 23.9 Å². The van der Waals surface area contributed by atoms with E-state index in [-0.39, 0.29) is 0 Å². The van der Waals surface area contributed by atoms with Crippen molar-refractivity contribution >= 4 is 11.8 Å². The molecule has 0 fully saturated rings. The number of hydrogen-bond acceptors (Lipinski definition) is 3. The molecule has 1 aromatic carbocycles. The second-order valence-corrected chi connectivity index (χ2v) is 6.47. The van der Waals surface area contributed by atoms with E-state index in [2.05, 4.69) is 53.8 Å². The van der Waals surface area contributed by atoms with Gasteiger partial charge in [-0.2, -0.15) is 0 Å². The minimum atomic E-state index is 0.367. The van der Waals surface area contributed by atoms with Crippen molar-refractivity contribution in [1.29, 1.82) is 0 Å². The van der Waals surface area contributed by atoms with Crippen LogP contribution in [0.3, 0.4) is 0 Å². The summed E-state index contributed by atoms with van der Waals surface area (Å²) >= 11 is 1.81. The number of imidazole rings is 1. The van der Waals surface area contributed by atoms with Gasteiger partial charge in [-0.15, -0.1) is 0 Å². The zero-order valence-corrected chi connectivity index (χ0v) is 14.2. The molecule has 1 N–H and O–H groups in total. The fourth-order valence-electron chi connectivity index (χ4n) is 2.22. The topological polar surface area (TPSA) is 29.9 Å². The lowest BCUT2D eigenvalue weighted by molar-refractivity contribution is 0.576. The zero-order valence-electron chi connectivity index (χ0n) is 13.4. The maximum absolute atomic E-state index is 4.39. The highest BCUT2D eigenvalue weighted by Crippen LogP contribution is 2.24. The summed E-state index contributed by atoms with van der Waals surface area (Å²) in [5, 5.41) is 4.73. The van der Waals surface area contributed by atoms with Crippen LogP contribution >= 0.6 is 11.8 Å². The van der Waals surface area contributed by atoms with Crippen LogP contribution in [-0.4, -0.2) is 21.8 Å². The molecule has 0 amide bonds. The van der Waals surface area contributed by atoms with E-state index in [9.17, 15) is 0 Å². The van der Waals surface area contributed by atoms with Crippen LogP contribution in [0.15, 0.2) is 35.7 Å². The van der Waals surface area contributed by atoms with Gasteiger partial charge in [0.15, 0.2) is 5.16 Å². The van der Waals surface area contributed by atoms with Crippen molar-refractivity contribution in [3.63, 3.8) is 0 Å². The van der Waals surface area contributed by atoms with Gasteiger partial charge in [-0.05, 0) is 43.5 Å². The summed E-state index contributed by atoms with van der Waals surface area (Å²) in [5.74, 6) is 0.993. The molecule has 0 aliphatic rings. The van der Waals surface area contributed by atoms with Crippen molar-refractivity contribution in [2.24, 2.45) is 7.05 Å². The first-order valence-corrected chi connectivity index (χ1v) is 8.51. The first-order valence-electron chi connectivity index (χ1n) is 7.52. The Hall–Kier alpha value is -1.26. The third-order valence-electron chi connectivity index (χ3n) is 3.73. The number of nitrogens with one attached hydrogen (secondary N) is 1. The van der Waals surface area contributed by atoms with Crippen LogP contribution in [0.5, 0.6) is 0 Å². The molecule has 0 spiro atoms. The van der Waals surface area contributed by atoms with Gasteiger partial charge in [-0.3, -0.25) is 0 Å². The maximum Gasteiger partial charge on any atom is 0.167 e. The Morgan fingerprint density at radius 2 is 2.10 bits per heavy atom. The van der Waals surface area contributed by atoms with Gasteiger partial charge < -0.3 is 9.88 Å². The van der Waals surface area contributed by atoms with Crippen molar-refractivity contribution in [2.45, 2.75) is 38.4 Å². The van der Waals surface area contributed by atoms with Crippen LogP contribution in [0.1, 0.15) is 36.1 Å². The number of benzene rings is 1. The number of thioether (sulfide) groups is 1. The van der Waals surface area contributed by atoms with Gasteiger partial charge in [0.05, 0.1) is 0 Å². The summed E-state index contributed by atoms with van der Waals surface area (Å²) in [6.45, 7) is 7.59. The second-order valence-electron chi connectivity index (χ2n) is 5.48. The summed E-state index contributed by atoms with van der Waals surface area (Å²) in [5.41, 5.74) is 4.08. The first kappa shape index (κ1) is 16.1. The smallest absolute Gasteiger partial charge is 0.167 e. The summed E-state index contributed by atoms with van der Waals surface area (Å²) in [7, 11) is 2.04. The molecule has 2 rings (SSSR count). The third kappa shape index (κ3) is 4.35. The molecule has 2 aromatic rings. The lowest BCUT2D eigenvalue weighted by atomic mass is 10.0. The van der Waals surface area contributed by atoms with Gasteiger partial charge in [-0.25, -0.2) is 4.98 Å². The van der Waals surface area contributed by atoms with E-state index in [4.69, 9.17) is 0 Å². The monoisotopic (exact) mass is 303 g/mol. The van der Waals surface area contributed by atoms with E-state index in [1.165, 1.54) is 16.7 Å². The number of rotatable bonds is 7. The summed E-state index contributed by atoms with van der Waals surface area (Å²) in [6.07, 6.45) is 4.99. The van der Waals surface area contributed by atoms with E-state index in [1.54, 1.807) is 11.8 Å². The van der Waals surface area contributed by atoms with Crippen molar-refractivity contribution in [3.8, 4) is 0 Å². The number of aryl methyl sites for hydroxylation is 3. The SMILES string of the molecule is CCCNC(CSc1nccn1C)c1ccc(C)c(C)c1. The van der Waals surface area contributed by atoms with Gasteiger partial charge in [0.1, 0.15) is 0 Å². The molecule has 1 unspecified atom stereocenters. The average molecular weight is 303 g/mol. The largest absolute Gasteiger partial charge is 0.329 e. The lowest BCUT2D eigenvalue weighted by Gasteiger charge is -2.19. The van der Waals surface area contributed by atoms with E-state index in [1.807, 2.05) is 19.4 Å². The average Bonchev–Trinajstić information content (AvgIpc) is 2.88. The molecule has 1 aromatic heterocycles. The molecule has 0 saturated heterocycles. The Balaban J connectivity index is 2.09. The highest BCUT2D eigenvalue weighted by molar-refractivity contribution is 7.99. The Morgan fingerprint density at radius 3 is 2.71 bits per heavy atom. The lowest BCUT2D eigenvalue weighted by Crippen LogP contribution is -2.24. The second kappa shape index (κ2) is 7.66. The van der Waals surface area contributed by atoms with Gasteiger partial charge in [-0.1, -0.05) is 36.9 Å². The number of aromatic nitrogens is 2. The first-order chi connectivity index (χ1) is 10.1. The molecule has 0 saturated carbocycles. The predicted molar refractivity (Wildman–Crippen MR) is 90.9 cm³/mol. The van der Waals surface area contributed by atoms with E-state index < -0.39 is 0 Å². The highest BCUT2D eigenvalue weighted by atomic mass is 32.2. The standard InChI is InChI=1S/C17H25N3S/c1-5-8-18-16(12-21-17-19-9-10-20(17)4)15-7-6-13(2)14(3)11-15/h6-7,9-11,16,18H,5,8,12H2,1-4H3. The highest BCUT2D eigenvalue weighted by Gasteiger charge is 2.13. The van der Waals surface area contributed by atoms with Crippen molar-refractivity contribution in [3.05, 3.63) is 47.3 Å². The Morgan fingerprint density at radius 1 is 1.29 bits per heavy atom. The van der Waals surface area contributed by atoms with Gasteiger partial charge >= 0.3 is 0 Å². The summed E-state index contributed by atoms with van der Waals surface area (Å²) in [4.78, 5) is 4.39. The molecular formula is C17H25N3S. The molecule has 0 aliphatic heterocycles. The minimum Gasteiger partial charge on any atom is -0.329 e. The Kier molecular flexibility index (Phi) is 5.88. The molecule has 21 heavy (non-hydrogen) atoms. The van der Waals surface area contributed by atoms with Crippen LogP contribution in [0.4, 0.5) is 0 Å². The fraction of sp³-hybridized carbons (Fsp3) is 0.471. The maximum atomic E-state index is 4.39. The predicted octanol–water partition coefficient (Wildman–Crippen LogP) is 3.87. The third-order valence-corrected chi connectivity index (χ3v) is 4.88. The van der Waals surface area contributed by atoms with Crippen molar-refractivity contribution in [1.82, 2.24) is 14.9 Å². The molecule has 1 heterocycles. The Labute approximate surface area is 132 Å². The fourth-order valence-corrected chi connectivity index (χ4v) is 3.25. The normalized spacial score (nSPS) is 12.6. The summed E-state index contributed by atoms with van der Waals surface area (Å²) < 4.78 is 2.07.